The van der Waals surface area contributed by atoms with Gasteiger partial charge in [-0.15, -0.1) is 0 Å². The third-order valence-electron chi connectivity index (χ3n) is 5.07. The Morgan fingerprint density at radius 3 is 2.91 bits per heavy atom. The number of carbonyl (C=O) groups is 2. The summed E-state index contributed by atoms with van der Waals surface area (Å²) < 4.78 is 5.23. The van der Waals surface area contributed by atoms with Crippen molar-refractivity contribution in [2.75, 3.05) is 7.11 Å². The average Bonchev–Trinajstić information content (AvgIpc) is 2.80. The van der Waals surface area contributed by atoms with Crippen LogP contribution in [0.3, 0.4) is 0 Å². The zero-order chi connectivity index (χ0) is 16.4. The van der Waals surface area contributed by atoms with Crippen molar-refractivity contribution >= 4 is 11.7 Å². The molecule has 0 aromatic carbocycles. The van der Waals surface area contributed by atoms with Gasteiger partial charge < -0.3 is 10.1 Å². The Morgan fingerprint density at radius 1 is 1.43 bits per heavy atom. The van der Waals surface area contributed by atoms with Gasteiger partial charge in [0.2, 0.25) is 5.88 Å². The fourth-order valence-electron chi connectivity index (χ4n) is 4.37. The maximum absolute atomic E-state index is 12.5. The number of fused-ring (bicyclic) bond motifs is 1. The van der Waals surface area contributed by atoms with E-state index in [0.29, 0.717) is 24.3 Å². The predicted octanol–water partition coefficient (Wildman–Crippen LogP) is 1.82. The molecule has 2 heterocycles. The van der Waals surface area contributed by atoms with Crippen molar-refractivity contribution in [3.05, 3.63) is 46.2 Å². The molecule has 2 aliphatic carbocycles. The smallest absolute Gasteiger partial charge is 0.255 e. The number of nitrogens with zero attached hydrogens (tertiary/aromatic N) is 1. The van der Waals surface area contributed by atoms with E-state index in [1.54, 1.807) is 7.11 Å². The number of carbonyl (C=O) groups excluding carboxylic acids is 2. The number of pyridine rings is 1. The fourth-order valence-corrected chi connectivity index (χ4v) is 4.37. The average molecular weight is 310 g/mol. The molecule has 1 aromatic rings. The van der Waals surface area contributed by atoms with Crippen LogP contribution in [0.15, 0.2) is 34.9 Å². The molecular formula is C18H18N2O3. The highest BCUT2D eigenvalue weighted by molar-refractivity contribution is 6.21. The molecule has 4 rings (SSSR count). The first-order valence-corrected chi connectivity index (χ1v) is 7.76. The molecular weight excluding hydrogens is 292 g/mol. The number of allylic oxidation sites excluding steroid dienone is 1. The van der Waals surface area contributed by atoms with E-state index >= 15 is 0 Å². The lowest BCUT2D eigenvalue weighted by Crippen LogP contribution is -2.48. The van der Waals surface area contributed by atoms with Gasteiger partial charge in [-0.2, -0.15) is 0 Å². The maximum atomic E-state index is 12.5. The summed E-state index contributed by atoms with van der Waals surface area (Å²) in [5, 5.41) is 3.10. The fraction of sp³-hybridized carbons (Fsp3) is 0.389. The van der Waals surface area contributed by atoms with Gasteiger partial charge in [-0.25, -0.2) is 4.98 Å². The molecule has 0 fully saturated rings. The molecule has 0 radical (unpaired) electrons. The zero-order valence-corrected chi connectivity index (χ0v) is 13.4. The summed E-state index contributed by atoms with van der Waals surface area (Å²) >= 11 is 0. The molecule has 0 unspecified atom stereocenters. The molecule has 2 bridgehead atoms. The van der Waals surface area contributed by atoms with Gasteiger partial charge in [-0.3, -0.25) is 9.59 Å². The van der Waals surface area contributed by atoms with Gasteiger partial charge in [0.15, 0.2) is 5.78 Å². The monoisotopic (exact) mass is 310 g/mol. The normalized spacial score (nSPS) is 27.9. The molecule has 1 aliphatic heterocycles. The number of ether oxygens (including phenoxy) is 1. The molecule has 0 saturated heterocycles. The first kappa shape index (κ1) is 14.2. The van der Waals surface area contributed by atoms with Crippen LogP contribution in [0.25, 0.3) is 0 Å². The van der Waals surface area contributed by atoms with Crippen molar-refractivity contribution in [3.63, 3.8) is 0 Å². The van der Waals surface area contributed by atoms with Gasteiger partial charge in [0.25, 0.3) is 5.91 Å². The number of amides is 1. The van der Waals surface area contributed by atoms with E-state index in [0.717, 1.165) is 16.8 Å². The van der Waals surface area contributed by atoms with Crippen LogP contribution in [-0.2, 0) is 21.5 Å². The van der Waals surface area contributed by atoms with Gasteiger partial charge in [-0.05, 0) is 31.9 Å². The lowest BCUT2D eigenvalue weighted by Gasteiger charge is -2.44. The highest BCUT2D eigenvalue weighted by Gasteiger charge is 2.54. The minimum absolute atomic E-state index is 0.0358. The van der Waals surface area contributed by atoms with Crippen LogP contribution in [0.2, 0.25) is 0 Å². The Hall–Kier alpha value is -2.43. The number of rotatable bonds is 2. The van der Waals surface area contributed by atoms with Crippen molar-refractivity contribution in [3.8, 4) is 5.88 Å². The Bertz CT molecular complexity index is 822. The second-order valence-corrected chi connectivity index (χ2v) is 6.55. The SMILES string of the molecule is COc1ccc2c(n1)C[C@@H]1C=C(C)C[C@]23NC(=O)C(C(C)=O)=C13. The van der Waals surface area contributed by atoms with Crippen LogP contribution in [0.4, 0.5) is 0 Å². The van der Waals surface area contributed by atoms with Gasteiger partial charge in [0.1, 0.15) is 0 Å². The number of nitrogens with one attached hydrogen (secondary N) is 1. The summed E-state index contributed by atoms with van der Waals surface area (Å²) in [6.45, 7) is 3.54. The summed E-state index contributed by atoms with van der Waals surface area (Å²) in [5.41, 5.74) is 3.80. The van der Waals surface area contributed by atoms with E-state index in [1.165, 1.54) is 12.5 Å². The molecule has 3 aliphatic rings. The van der Waals surface area contributed by atoms with Gasteiger partial charge in [-0.1, -0.05) is 11.6 Å². The Labute approximate surface area is 134 Å². The van der Waals surface area contributed by atoms with E-state index in [9.17, 15) is 9.59 Å². The Kier molecular flexibility index (Phi) is 2.80. The van der Waals surface area contributed by atoms with E-state index in [4.69, 9.17) is 4.74 Å². The molecule has 5 nitrogen and oxygen atoms in total. The van der Waals surface area contributed by atoms with Gasteiger partial charge >= 0.3 is 0 Å². The number of aromatic nitrogens is 1. The van der Waals surface area contributed by atoms with Gasteiger partial charge in [0.05, 0.1) is 23.9 Å². The highest BCUT2D eigenvalue weighted by atomic mass is 16.5. The quantitative estimate of drug-likeness (QED) is 0.668. The third-order valence-corrected chi connectivity index (χ3v) is 5.07. The van der Waals surface area contributed by atoms with E-state index in [2.05, 4.69) is 23.3 Å². The molecule has 0 saturated carbocycles. The largest absolute Gasteiger partial charge is 0.481 e. The zero-order valence-electron chi connectivity index (χ0n) is 13.4. The summed E-state index contributed by atoms with van der Waals surface area (Å²) in [7, 11) is 1.59. The number of methoxy groups -OCH3 is 1. The summed E-state index contributed by atoms with van der Waals surface area (Å²) in [6.07, 6.45) is 3.54. The Morgan fingerprint density at radius 2 is 2.22 bits per heavy atom. The summed E-state index contributed by atoms with van der Waals surface area (Å²) in [6, 6.07) is 3.79. The molecule has 118 valence electrons. The van der Waals surface area contributed by atoms with Crippen molar-refractivity contribution in [1.82, 2.24) is 10.3 Å². The number of hydrogen-bond donors (Lipinski definition) is 1. The maximum Gasteiger partial charge on any atom is 0.255 e. The van der Waals surface area contributed by atoms with Crippen molar-refractivity contribution < 1.29 is 14.3 Å². The first-order chi connectivity index (χ1) is 11.0. The van der Waals surface area contributed by atoms with Crippen LogP contribution < -0.4 is 10.1 Å². The third kappa shape index (κ3) is 1.76. The van der Waals surface area contributed by atoms with E-state index < -0.39 is 5.54 Å². The van der Waals surface area contributed by atoms with Crippen LogP contribution in [0, 0.1) is 5.92 Å². The van der Waals surface area contributed by atoms with Gasteiger partial charge in [0, 0.05) is 24.0 Å². The number of Topliss-reactive ketones (excluding diaryl/α,β-unsaturated/α-hetero) is 1. The molecule has 2 atom stereocenters. The summed E-state index contributed by atoms with van der Waals surface area (Å²) in [4.78, 5) is 29.1. The molecule has 1 N–H and O–H groups in total. The lowest BCUT2D eigenvalue weighted by molar-refractivity contribution is -0.121. The minimum atomic E-state index is -0.617. The molecule has 1 aromatic heterocycles. The number of hydrogen-bond acceptors (Lipinski definition) is 4. The Balaban J connectivity index is 2.02. The molecule has 5 heteroatoms. The van der Waals surface area contributed by atoms with Crippen LogP contribution in [-0.4, -0.2) is 23.8 Å². The van der Waals surface area contributed by atoms with Crippen molar-refractivity contribution in [2.45, 2.75) is 32.2 Å². The minimum Gasteiger partial charge on any atom is -0.481 e. The van der Waals surface area contributed by atoms with Crippen LogP contribution in [0.5, 0.6) is 5.88 Å². The predicted molar refractivity (Wildman–Crippen MR) is 83.9 cm³/mol. The molecule has 0 spiro atoms. The van der Waals surface area contributed by atoms with Crippen molar-refractivity contribution in [2.24, 2.45) is 5.92 Å². The second-order valence-electron chi connectivity index (χ2n) is 6.55. The second kappa shape index (κ2) is 4.54. The van der Waals surface area contributed by atoms with E-state index in [1.807, 2.05) is 12.1 Å². The number of ketones is 1. The van der Waals surface area contributed by atoms with Crippen LogP contribution in [0.1, 0.15) is 31.5 Å². The topological polar surface area (TPSA) is 68.3 Å². The molecule has 23 heavy (non-hydrogen) atoms. The lowest BCUT2D eigenvalue weighted by atomic mass is 9.63. The standard InChI is InChI=1S/C18H18N2O3/c1-9-6-11-7-13-12(4-5-14(19-13)23-3)18(8-9)16(11)15(10(2)21)17(22)20-18/h4-6,11H,7-8H2,1-3H3,(H,20,22)/t11-,18-/m0/s1. The highest BCUT2D eigenvalue weighted by Crippen LogP contribution is 2.53. The van der Waals surface area contributed by atoms with Crippen molar-refractivity contribution in [1.29, 1.82) is 0 Å². The van der Waals surface area contributed by atoms with Crippen LogP contribution >= 0.6 is 0 Å². The molecule has 1 amide bonds. The first-order valence-electron chi connectivity index (χ1n) is 7.76. The van der Waals surface area contributed by atoms with E-state index in [-0.39, 0.29) is 17.6 Å². The summed E-state index contributed by atoms with van der Waals surface area (Å²) in [5.74, 6) is 0.183.